The molecule has 3 unspecified atom stereocenters. The molecule has 0 amide bonds. The Bertz CT molecular complexity index is 412. The molecule has 2 aliphatic carbocycles. The molecule has 2 fully saturated rings. The van der Waals surface area contributed by atoms with Crippen LogP contribution in [0.1, 0.15) is 30.6 Å². The smallest absolute Gasteiger partial charge is 0.141 e. The molecular weight excluding hydrogens is 284 g/mol. The van der Waals surface area contributed by atoms with E-state index in [1.165, 1.54) is 30.6 Å². The van der Waals surface area contributed by atoms with E-state index in [2.05, 4.69) is 15.9 Å². The lowest BCUT2D eigenvalue weighted by molar-refractivity contribution is -0.123. The fourth-order valence-corrected chi connectivity index (χ4v) is 4.88. The van der Waals surface area contributed by atoms with Crippen molar-refractivity contribution in [2.45, 2.75) is 32.1 Å². The van der Waals surface area contributed by atoms with Gasteiger partial charge in [-0.05, 0) is 58.5 Å². The molecule has 0 aromatic carbocycles. The van der Waals surface area contributed by atoms with Crippen LogP contribution in [0.4, 0.5) is 0 Å². The van der Waals surface area contributed by atoms with Crippen molar-refractivity contribution in [1.82, 2.24) is 0 Å². The SMILES string of the molecule is O=C(Cc1sccc1Br)C1CC2CCC1C2. The molecule has 0 spiro atoms. The summed E-state index contributed by atoms with van der Waals surface area (Å²) in [6.07, 6.45) is 5.81. The van der Waals surface area contributed by atoms with Crippen LogP contribution in [0.5, 0.6) is 0 Å². The second-order valence-electron chi connectivity index (χ2n) is 5.12. The maximum Gasteiger partial charge on any atom is 0.141 e. The fraction of sp³-hybridized carbons (Fsp3) is 0.615. The fourth-order valence-electron chi connectivity index (χ4n) is 3.38. The summed E-state index contributed by atoms with van der Waals surface area (Å²) in [5.41, 5.74) is 0. The molecule has 3 heteroatoms. The van der Waals surface area contributed by atoms with Gasteiger partial charge >= 0.3 is 0 Å². The second kappa shape index (κ2) is 4.26. The maximum atomic E-state index is 12.2. The van der Waals surface area contributed by atoms with Crippen molar-refractivity contribution in [3.8, 4) is 0 Å². The monoisotopic (exact) mass is 298 g/mol. The Morgan fingerprint density at radius 3 is 2.88 bits per heavy atom. The largest absolute Gasteiger partial charge is 0.299 e. The van der Waals surface area contributed by atoms with Gasteiger partial charge in [0.25, 0.3) is 0 Å². The standard InChI is InChI=1S/C13H15BrOS/c14-11-3-4-16-13(11)7-12(15)10-6-8-1-2-9(10)5-8/h3-4,8-10H,1-2,5-7H2. The molecule has 1 heterocycles. The average Bonchev–Trinajstić information content (AvgIpc) is 2.95. The van der Waals surface area contributed by atoms with E-state index in [4.69, 9.17) is 0 Å². The van der Waals surface area contributed by atoms with E-state index in [1.807, 2.05) is 11.4 Å². The van der Waals surface area contributed by atoms with E-state index in [1.54, 1.807) is 11.3 Å². The van der Waals surface area contributed by atoms with E-state index in [0.29, 0.717) is 18.1 Å². The van der Waals surface area contributed by atoms with Gasteiger partial charge in [-0.3, -0.25) is 4.79 Å². The third-order valence-electron chi connectivity index (χ3n) is 4.18. The number of halogens is 1. The number of carbonyl (C=O) groups is 1. The number of ketones is 1. The molecular formula is C13H15BrOS. The number of hydrogen-bond donors (Lipinski definition) is 0. The highest BCUT2D eigenvalue weighted by Gasteiger charge is 2.42. The van der Waals surface area contributed by atoms with Gasteiger partial charge < -0.3 is 0 Å². The Morgan fingerprint density at radius 1 is 1.44 bits per heavy atom. The topological polar surface area (TPSA) is 17.1 Å². The molecule has 0 N–H and O–H groups in total. The summed E-state index contributed by atoms with van der Waals surface area (Å²) in [5.74, 6) is 2.45. The predicted octanol–water partition coefficient (Wildman–Crippen LogP) is 4.06. The van der Waals surface area contributed by atoms with E-state index in [0.717, 1.165) is 16.3 Å². The summed E-state index contributed by atoms with van der Waals surface area (Å²) in [7, 11) is 0. The zero-order chi connectivity index (χ0) is 11.1. The zero-order valence-corrected chi connectivity index (χ0v) is 11.5. The average molecular weight is 299 g/mol. The van der Waals surface area contributed by atoms with Crippen molar-refractivity contribution in [2.75, 3.05) is 0 Å². The van der Waals surface area contributed by atoms with Crippen LogP contribution >= 0.6 is 27.3 Å². The number of carbonyl (C=O) groups excluding carboxylic acids is 1. The third-order valence-corrected chi connectivity index (χ3v) is 6.10. The van der Waals surface area contributed by atoms with Crippen LogP contribution in [0, 0.1) is 17.8 Å². The van der Waals surface area contributed by atoms with E-state index < -0.39 is 0 Å². The molecule has 86 valence electrons. The van der Waals surface area contributed by atoms with Gasteiger partial charge in [0, 0.05) is 21.7 Å². The number of fused-ring (bicyclic) bond motifs is 2. The number of Topliss-reactive ketones (excluding diaryl/α,β-unsaturated/α-hetero) is 1. The lowest BCUT2D eigenvalue weighted by atomic mass is 9.84. The highest BCUT2D eigenvalue weighted by molar-refractivity contribution is 9.10. The highest BCUT2D eigenvalue weighted by atomic mass is 79.9. The molecule has 1 aromatic rings. The van der Waals surface area contributed by atoms with Crippen molar-refractivity contribution >= 4 is 33.0 Å². The second-order valence-corrected chi connectivity index (χ2v) is 6.97. The number of rotatable bonds is 3. The quantitative estimate of drug-likeness (QED) is 0.822. The van der Waals surface area contributed by atoms with Gasteiger partial charge in [-0.25, -0.2) is 0 Å². The van der Waals surface area contributed by atoms with Crippen LogP contribution in [-0.4, -0.2) is 5.78 Å². The molecule has 0 aliphatic heterocycles. The first-order valence-electron chi connectivity index (χ1n) is 5.98. The van der Waals surface area contributed by atoms with Crippen molar-refractivity contribution in [2.24, 2.45) is 17.8 Å². The van der Waals surface area contributed by atoms with Crippen molar-refractivity contribution < 1.29 is 4.79 Å². The molecule has 0 saturated heterocycles. The summed E-state index contributed by atoms with van der Waals surface area (Å²) in [6.45, 7) is 0. The Kier molecular flexibility index (Phi) is 2.92. The number of hydrogen-bond acceptors (Lipinski definition) is 2. The molecule has 3 rings (SSSR count). The Morgan fingerprint density at radius 2 is 2.31 bits per heavy atom. The summed E-state index contributed by atoms with van der Waals surface area (Å²) in [5, 5.41) is 2.05. The molecule has 1 aromatic heterocycles. The van der Waals surface area contributed by atoms with Crippen molar-refractivity contribution in [3.05, 3.63) is 20.8 Å². The third kappa shape index (κ3) is 1.88. The predicted molar refractivity (Wildman–Crippen MR) is 69.7 cm³/mol. The Balaban J connectivity index is 1.68. The van der Waals surface area contributed by atoms with Crippen LogP contribution in [0.15, 0.2) is 15.9 Å². The highest BCUT2D eigenvalue weighted by Crippen LogP contribution is 2.49. The number of thiophene rings is 1. The molecule has 1 nitrogen and oxygen atoms in total. The molecule has 2 aliphatic rings. The van der Waals surface area contributed by atoms with Crippen LogP contribution in [-0.2, 0) is 11.2 Å². The van der Waals surface area contributed by atoms with Crippen LogP contribution in [0.3, 0.4) is 0 Å². The van der Waals surface area contributed by atoms with Crippen molar-refractivity contribution in [3.63, 3.8) is 0 Å². The first kappa shape index (κ1) is 11.0. The summed E-state index contributed by atoms with van der Waals surface area (Å²) < 4.78 is 1.11. The first-order valence-corrected chi connectivity index (χ1v) is 7.66. The summed E-state index contributed by atoms with van der Waals surface area (Å²) in [4.78, 5) is 13.4. The molecule has 2 saturated carbocycles. The minimum absolute atomic E-state index is 0.382. The van der Waals surface area contributed by atoms with Gasteiger partial charge in [-0.2, -0.15) is 0 Å². The molecule has 3 atom stereocenters. The molecule has 0 radical (unpaired) electrons. The van der Waals surface area contributed by atoms with E-state index in [-0.39, 0.29) is 0 Å². The van der Waals surface area contributed by atoms with Gasteiger partial charge in [0.2, 0.25) is 0 Å². The van der Waals surface area contributed by atoms with Crippen LogP contribution in [0.25, 0.3) is 0 Å². The summed E-state index contributed by atoms with van der Waals surface area (Å²) in [6, 6.07) is 2.04. The van der Waals surface area contributed by atoms with Crippen LogP contribution in [0.2, 0.25) is 0 Å². The minimum atomic E-state index is 0.382. The van der Waals surface area contributed by atoms with Crippen LogP contribution < -0.4 is 0 Å². The Hall–Kier alpha value is -0.150. The zero-order valence-electron chi connectivity index (χ0n) is 9.12. The molecule has 16 heavy (non-hydrogen) atoms. The Labute approximate surface area is 108 Å². The normalized spacial score (nSPS) is 32.2. The van der Waals surface area contributed by atoms with E-state index >= 15 is 0 Å². The van der Waals surface area contributed by atoms with Crippen molar-refractivity contribution in [1.29, 1.82) is 0 Å². The first-order chi connectivity index (χ1) is 7.74. The van der Waals surface area contributed by atoms with Gasteiger partial charge in [-0.1, -0.05) is 6.42 Å². The minimum Gasteiger partial charge on any atom is -0.299 e. The van der Waals surface area contributed by atoms with Gasteiger partial charge in [0.05, 0.1) is 0 Å². The maximum absolute atomic E-state index is 12.2. The lowest BCUT2D eigenvalue weighted by Gasteiger charge is -2.19. The van der Waals surface area contributed by atoms with E-state index in [9.17, 15) is 4.79 Å². The van der Waals surface area contributed by atoms with Gasteiger partial charge in [-0.15, -0.1) is 11.3 Å². The summed E-state index contributed by atoms with van der Waals surface area (Å²) >= 11 is 5.19. The lowest BCUT2D eigenvalue weighted by Crippen LogP contribution is -2.22. The van der Waals surface area contributed by atoms with Gasteiger partial charge in [0.1, 0.15) is 5.78 Å². The molecule has 2 bridgehead atoms. The van der Waals surface area contributed by atoms with Gasteiger partial charge in [0.15, 0.2) is 0 Å².